The van der Waals surface area contributed by atoms with Gasteiger partial charge in [0, 0.05) is 77.2 Å². The molecule has 13 aromatic rings. The fourth-order valence-corrected chi connectivity index (χ4v) is 12.2. The Hall–Kier alpha value is -7.82. The molecule has 0 bridgehead atoms. The number of nitrogens with zero attached hydrogens (tertiary/aromatic N) is 4. The third kappa shape index (κ3) is 6.57. The van der Waals surface area contributed by atoms with E-state index in [0.29, 0.717) is 11.8 Å². The maximum Gasteiger partial charge on any atom is 0.0622 e. The van der Waals surface area contributed by atoms with Crippen molar-refractivity contribution >= 4 is 110 Å². The number of para-hydroxylation sites is 2. The van der Waals surface area contributed by atoms with Crippen molar-refractivity contribution in [2.45, 2.75) is 91.9 Å². The number of benzene rings is 9. The molecule has 0 amide bonds. The summed E-state index contributed by atoms with van der Waals surface area (Å²) in [5.74, 6) is 0.894. The lowest BCUT2D eigenvalue weighted by Crippen LogP contribution is -2.11. The molecule has 0 aliphatic carbocycles. The molecule has 0 saturated carbocycles. The summed E-state index contributed by atoms with van der Waals surface area (Å²) in [5, 5.41) is 10.3. The molecular weight excluding hydrogens is 873 g/mol. The van der Waals surface area contributed by atoms with E-state index in [0.717, 1.165) is 34.1 Å². The lowest BCUT2D eigenvalue weighted by molar-refractivity contribution is 0.596. The van der Waals surface area contributed by atoms with Crippen LogP contribution in [-0.4, -0.2) is 8.80 Å². The highest BCUT2D eigenvalue weighted by Gasteiger charge is 2.30. The van der Waals surface area contributed by atoms with Crippen molar-refractivity contribution in [3.63, 3.8) is 0 Å². The minimum atomic E-state index is -0.0805. The quantitative estimate of drug-likeness (QED) is 0.151. The van der Waals surface area contributed by atoms with Gasteiger partial charge in [-0.1, -0.05) is 154 Å². The summed E-state index contributed by atoms with van der Waals surface area (Å²) in [6.45, 7) is 23.2. The molecule has 0 unspecified atom stereocenters. The first kappa shape index (κ1) is 44.1. The molecule has 0 N–H and O–H groups in total. The molecule has 4 heterocycles. The topological polar surface area (TPSA) is 15.3 Å². The molecule has 4 aromatic heterocycles. The molecule has 0 aliphatic heterocycles. The predicted molar refractivity (Wildman–Crippen MR) is 311 cm³/mol. The van der Waals surface area contributed by atoms with Crippen LogP contribution in [0.25, 0.3) is 76.2 Å². The summed E-state index contributed by atoms with van der Waals surface area (Å²) in [4.78, 5) is 4.91. The molecule has 0 aliphatic rings. The Balaban J connectivity index is 1.17. The van der Waals surface area contributed by atoms with Crippen molar-refractivity contribution in [1.82, 2.24) is 8.80 Å². The zero-order valence-electron chi connectivity index (χ0n) is 43.3. The van der Waals surface area contributed by atoms with Crippen LogP contribution in [0.15, 0.2) is 182 Å². The highest BCUT2D eigenvalue weighted by Crippen LogP contribution is 2.51. The molecule has 9 aromatic carbocycles. The minimum absolute atomic E-state index is 0.0805. The van der Waals surface area contributed by atoms with Gasteiger partial charge in [-0.05, 0) is 142 Å². The number of rotatable bonds is 8. The van der Waals surface area contributed by atoms with E-state index in [2.05, 4.69) is 270 Å². The van der Waals surface area contributed by atoms with Crippen LogP contribution in [0.3, 0.4) is 0 Å². The van der Waals surface area contributed by atoms with Gasteiger partial charge in [-0.3, -0.25) is 0 Å². The van der Waals surface area contributed by atoms with Gasteiger partial charge in [0.1, 0.15) is 0 Å². The van der Waals surface area contributed by atoms with Crippen LogP contribution in [-0.2, 0) is 10.8 Å². The third-order valence-corrected chi connectivity index (χ3v) is 15.7. The van der Waals surface area contributed by atoms with E-state index < -0.39 is 0 Å². The molecule has 0 saturated heterocycles. The van der Waals surface area contributed by atoms with E-state index >= 15 is 0 Å². The summed E-state index contributed by atoms with van der Waals surface area (Å²) >= 11 is 0. The van der Waals surface area contributed by atoms with Gasteiger partial charge in [0.15, 0.2) is 0 Å². The molecule has 0 fully saturated rings. The summed E-state index contributed by atoms with van der Waals surface area (Å²) in [6, 6.07) is 69.1. The minimum Gasteiger partial charge on any atom is -0.310 e. The second-order valence-electron chi connectivity index (χ2n) is 23.1. The third-order valence-electron chi connectivity index (χ3n) is 15.7. The molecule has 354 valence electrons. The van der Waals surface area contributed by atoms with Crippen LogP contribution >= 0.6 is 0 Å². The second kappa shape index (κ2) is 15.8. The lowest BCUT2D eigenvalue weighted by atomic mass is 9.84. The van der Waals surface area contributed by atoms with Gasteiger partial charge in [0.25, 0.3) is 0 Å². The largest absolute Gasteiger partial charge is 0.310 e. The number of fused-ring (bicyclic) bond motifs is 12. The van der Waals surface area contributed by atoms with Crippen LogP contribution < -0.4 is 9.80 Å². The summed E-state index contributed by atoms with van der Waals surface area (Å²) in [6.07, 6.45) is 0. The van der Waals surface area contributed by atoms with Gasteiger partial charge in [0.05, 0.1) is 33.1 Å². The Labute approximate surface area is 423 Å². The lowest BCUT2D eigenvalue weighted by Gasteiger charge is -2.26. The molecule has 13 rings (SSSR count). The van der Waals surface area contributed by atoms with E-state index in [1.807, 2.05) is 0 Å². The van der Waals surface area contributed by atoms with Crippen LogP contribution in [0.1, 0.15) is 103 Å². The van der Waals surface area contributed by atoms with Gasteiger partial charge < -0.3 is 18.6 Å². The molecule has 4 heteroatoms. The molecule has 72 heavy (non-hydrogen) atoms. The number of aromatic nitrogens is 2. The van der Waals surface area contributed by atoms with Crippen molar-refractivity contribution in [1.29, 1.82) is 0 Å². The molecule has 0 spiro atoms. The number of hydrogen-bond donors (Lipinski definition) is 0. The van der Waals surface area contributed by atoms with Crippen molar-refractivity contribution in [3.8, 4) is 0 Å². The van der Waals surface area contributed by atoms with Crippen LogP contribution in [0, 0.1) is 0 Å². The Morgan fingerprint density at radius 1 is 0.319 bits per heavy atom. The fraction of sp³-hybridized carbons (Fsp3) is 0.206. The van der Waals surface area contributed by atoms with E-state index in [-0.39, 0.29) is 10.8 Å². The van der Waals surface area contributed by atoms with Gasteiger partial charge in [-0.15, -0.1) is 0 Å². The van der Waals surface area contributed by atoms with Crippen molar-refractivity contribution in [3.05, 3.63) is 204 Å². The van der Waals surface area contributed by atoms with E-state index in [1.54, 1.807) is 0 Å². The van der Waals surface area contributed by atoms with Crippen molar-refractivity contribution in [2.24, 2.45) is 0 Å². The van der Waals surface area contributed by atoms with Gasteiger partial charge in [-0.25, -0.2) is 0 Å². The Morgan fingerprint density at radius 3 is 1.01 bits per heavy atom. The highest BCUT2D eigenvalue weighted by atomic mass is 15.1. The molecule has 4 nitrogen and oxygen atoms in total. The average molecular weight is 935 g/mol. The summed E-state index contributed by atoms with van der Waals surface area (Å²) in [5.41, 5.74) is 19.6. The maximum atomic E-state index is 2.59. The smallest absolute Gasteiger partial charge is 0.0622 e. The van der Waals surface area contributed by atoms with E-state index in [1.165, 1.54) is 98.4 Å². The predicted octanol–water partition coefficient (Wildman–Crippen LogP) is 19.8. The Kier molecular flexibility index (Phi) is 9.71. The molecule has 0 radical (unpaired) electrons. The SMILES string of the molecule is CC(C)c1ccc(N(c2ccccc2)c2cc3c4cc5c(cc4n4c6cccc(C(C)(C)C)c6c(c2)c34)c2cc(N(c3ccccc3)c3ccc(C(C)C)cc3)cc3c4c(C(C)(C)C)cccc4n5c23)cc1. The first-order valence-corrected chi connectivity index (χ1v) is 26.0. The second-order valence-corrected chi connectivity index (χ2v) is 23.1. The zero-order chi connectivity index (χ0) is 49.5. The van der Waals surface area contributed by atoms with Crippen LogP contribution in [0.4, 0.5) is 34.1 Å². The van der Waals surface area contributed by atoms with Gasteiger partial charge in [0.2, 0.25) is 0 Å². The maximum absolute atomic E-state index is 2.59. The van der Waals surface area contributed by atoms with Crippen LogP contribution in [0.2, 0.25) is 0 Å². The number of hydrogen-bond acceptors (Lipinski definition) is 2. The standard InChI is InChI=1S/C68H62N4/c1-41(2)43-27-31-47(32-28-43)69(45-19-13-11-14-20-45)49-35-53-51-39-62-52(40-61(51)71-59-25-17-23-57(67(5,6)7)63(59)55(37-49)65(53)71)54-36-50(38-56-64-58(68(8,9)10)24-18-26-60(64)72(62)66(54)56)70(46-21-15-12-16-22-46)48-33-29-44(30-34-48)42(3)4/h11-42H,1-10H3. The van der Waals surface area contributed by atoms with Gasteiger partial charge >= 0.3 is 0 Å². The summed E-state index contributed by atoms with van der Waals surface area (Å²) in [7, 11) is 0. The van der Waals surface area contributed by atoms with Crippen molar-refractivity contribution < 1.29 is 0 Å². The first-order valence-electron chi connectivity index (χ1n) is 26.0. The van der Waals surface area contributed by atoms with E-state index in [9.17, 15) is 0 Å². The average Bonchev–Trinajstić information content (AvgIpc) is 4.09. The zero-order valence-corrected chi connectivity index (χ0v) is 43.3. The Bertz CT molecular complexity index is 3920. The first-order chi connectivity index (χ1) is 34.7. The summed E-state index contributed by atoms with van der Waals surface area (Å²) < 4.78 is 5.19. The van der Waals surface area contributed by atoms with Crippen LogP contribution in [0.5, 0.6) is 0 Å². The number of anilines is 6. The van der Waals surface area contributed by atoms with Crippen molar-refractivity contribution in [2.75, 3.05) is 9.80 Å². The highest BCUT2D eigenvalue weighted by molar-refractivity contribution is 6.30. The van der Waals surface area contributed by atoms with E-state index in [4.69, 9.17) is 0 Å². The Morgan fingerprint density at radius 2 is 0.667 bits per heavy atom. The normalized spacial score (nSPS) is 12.8. The fourth-order valence-electron chi connectivity index (χ4n) is 12.2. The molecule has 0 atom stereocenters. The monoisotopic (exact) mass is 934 g/mol. The van der Waals surface area contributed by atoms with Gasteiger partial charge in [-0.2, -0.15) is 0 Å². The molecular formula is C68H62N4.